The molecule has 0 spiro atoms. The van der Waals surface area contributed by atoms with Crippen molar-refractivity contribution in [2.75, 3.05) is 0 Å². The summed E-state index contributed by atoms with van der Waals surface area (Å²) >= 11 is 1.80. The largest absolute Gasteiger partial charge is 0.247 e. The fourth-order valence-corrected chi connectivity index (χ4v) is 4.08. The summed E-state index contributed by atoms with van der Waals surface area (Å²) in [5, 5.41) is 1.13. The second kappa shape index (κ2) is 5.45. The Kier molecular flexibility index (Phi) is 3.64. The highest BCUT2D eigenvalue weighted by atomic mass is 32.1. The number of aromatic nitrogens is 1. The van der Waals surface area contributed by atoms with Crippen LogP contribution < -0.4 is 0 Å². The smallest absolute Gasteiger partial charge is 0.0900 e. The van der Waals surface area contributed by atoms with Crippen molar-refractivity contribution in [1.29, 1.82) is 0 Å². The summed E-state index contributed by atoms with van der Waals surface area (Å²) in [6, 6.07) is 21.4. The van der Waals surface area contributed by atoms with Crippen LogP contribution in [0.4, 0.5) is 0 Å². The SMILES string of the molecule is Cc1nc(C)c(C(C)(c2ccccc2)c2ccccc2)s1. The second-order valence-electron chi connectivity index (χ2n) is 5.50. The normalized spacial score (nSPS) is 11.6. The molecule has 1 nitrogen and oxygen atoms in total. The van der Waals surface area contributed by atoms with E-state index < -0.39 is 0 Å². The van der Waals surface area contributed by atoms with Gasteiger partial charge < -0.3 is 0 Å². The van der Waals surface area contributed by atoms with Crippen molar-refractivity contribution >= 4 is 11.3 Å². The van der Waals surface area contributed by atoms with Crippen molar-refractivity contribution in [2.24, 2.45) is 0 Å². The zero-order valence-corrected chi connectivity index (χ0v) is 13.4. The molecule has 0 bridgehead atoms. The summed E-state index contributed by atoms with van der Waals surface area (Å²) in [7, 11) is 0. The summed E-state index contributed by atoms with van der Waals surface area (Å²) in [5.41, 5.74) is 3.59. The molecular formula is C19H19NS. The van der Waals surface area contributed by atoms with Gasteiger partial charge in [-0.1, -0.05) is 60.7 Å². The van der Waals surface area contributed by atoms with Gasteiger partial charge >= 0.3 is 0 Å². The minimum absolute atomic E-state index is 0.154. The lowest BCUT2D eigenvalue weighted by atomic mass is 9.74. The van der Waals surface area contributed by atoms with E-state index in [1.54, 1.807) is 11.3 Å². The van der Waals surface area contributed by atoms with Gasteiger partial charge in [0.05, 0.1) is 16.1 Å². The fraction of sp³-hybridized carbons (Fsp3) is 0.211. The Hall–Kier alpha value is -1.93. The predicted octanol–water partition coefficient (Wildman–Crippen LogP) is 5.11. The van der Waals surface area contributed by atoms with Gasteiger partial charge in [-0.05, 0) is 31.9 Å². The molecule has 1 heterocycles. The van der Waals surface area contributed by atoms with Crippen LogP contribution in [0, 0.1) is 13.8 Å². The van der Waals surface area contributed by atoms with Gasteiger partial charge in [0, 0.05) is 4.88 Å². The van der Waals surface area contributed by atoms with Crippen molar-refractivity contribution < 1.29 is 0 Å². The van der Waals surface area contributed by atoms with Crippen LogP contribution >= 0.6 is 11.3 Å². The standard InChI is InChI=1S/C19H19NS/c1-14-18(21-15(2)20-14)19(3,16-10-6-4-7-11-16)17-12-8-5-9-13-17/h4-13H,1-3H3. The second-order valence-corrected chi connectivity index (χ2v) is 6.71. The van der Waals surface area contributed by atoms with Gasteiger partial charge in [-0.2, -0.15) is 0 Å². The molecule has 0 amide bonds. The highest BCUT2D eigenvalue weighted by molar-refractivity contribution is 7.11. The van der Waals surface area contributed by atoms with E-state index in [-0.39, 0.29) is 5.41 Å². The maximum absolute atomic E-state index is 4.65. The van der Waals surface area contributed by atoms with E-state index in [0.29, 0.717) is 0 Å². The molecule has 0 aliphatic carbocycles. The first-order valence-electron chi connectivity index (χ1n) is 7.18. The maximum atomic E-state index is 4.65. The first kappa shape index (κ1) is 14.0. The molecular weight excluding hydrogens is 274 g/mol. The third-order valence-corrected chi connectivity index (χ3v) is 5.35. The third kappa shape index (κ3) is 2.40. The molecule has 0 aliphatic heterocycles. The Morgan fingerprint density at radius 2 is 1.29 bits per heavy atom. The number of rotatable bonds is 3. The lowest BCUT2D eigenvalue weighted by Gasteiger charge is -2.30. The first-order chi connectivity index (χ1) is 10.1. The fourth-order valence-electron chi connectivity index (χ4n) is 2.97. The number of hydrogen-bond acceptors (Lipinski definition) is 2. The van der Waals surface area contributed by atoms with Crippen LogP contribution in [-0.4, -0.2) is 4.98 Å². The summed E-state index contributed by atoms with van der Waals surface area (Å²) in [5.74, 6) is 0. The minimum Gasteiger partial charge on any atom is -0.247 e. The molecule has 106 valence electrons. The Morgan fingerprint density at radius 3 is 1.67 bits per heavy atom. The molecule has 21 heavy (non-hydrogen) atoms. The Labute approximate surface area is 130 Å². The highest BCUT2D eigenvalue weighted by Gasteiger charge is 2.34. The van der Waals surface area contributed by atoms with Gasteiger partial charge in [0.25, 0.3) is 0 Å². The summed E-state index contributed by atoms with van der Waals surface area (Å²) in [6.07, 6.45) is 0. The topological polar surface area (TPSA) is 12.9 Å². The zero-order valence-electron chi connectivity index (χ0n) is 12.6. The number of thiazole rings is 1. The van der Waals surface area contributed by atoms with E-state index in [0.717, 1.165) is 10.7 Å². The highest BCUT2D eigenvalue weighted by Crippen LogP contribution is 2.42. The van der Waals surface area contributed by atoms with Crippen LogP contribution in [0.15, 0.2) is 60.7 Å². The van der Waals surface area contributed by atoms with E-state index in [9.17, 15) is 0 Å². The maximum Gasteiger partial charge on any atom is 0.0900 e. The molecule has 0 unspecified atom stereocenters. The average molecular weight is 293 g/mol. The third-order valence-electron chi connectivity index (χ3n) is 4.06. The van der Waals surface area contributed by atoms with E-state index >= 15 is 0 Å². The zero-order chi connectivity index (χ0) is 14.9. The van der Waals surface area contributed by atoms with E-state index in [2.05, 4.69) is 86.4 Å². The molecule has 1 aromatic heterocycles. The van der Waals surface area contributed by atoms with Crippen LogP contribution in [0.25, 0.3) is 0 Å². The van der Waals surface area contributed by atoms with Crippen molar-refractivity contribution in [2.45, 2.75) is 26.2 Å². The average Bonchev–Trinajstić information content (AvgIpc) is 2.87. The van der Waals surface area contributed by atoms with E-state index in [4.69, 9.17) is 0 Å². The summed E-state index contributed by atoms with van der Waals surface area (Å²) < 4.78 is 0. The number of nitrogens with zero attached hydrogens (tertiary/aromatic N) is 1. The van der Waals surface area contributed by atoms with E-state index in [1.807, 2.05) is 0 Å². The van der Waals surface area contributed by atoms with Crippen molar-refractivity contribution in [3.05, 3.63) is 87.4 Å². The molecule has 0 aliphatic rings. The Morgan fingerprint density at radius 1 is 0.810 bits per heavy atom. The van der Waals surface area contributed by atoms with Gasteiger partial charge in [0.1, 0.15) is 0 Å². The molecule has 0 fully saturated rings. The molecule has 0 saturated heterocycles. The van der Waals surface area contributed by atoms with Crippen LogP contribution in [0.1, 0.15) is 33.6 Å². The molecule has 0 radical (unpaired) electrons. The molecule has 3 rings (SSSR count). The molecule has 2 aromatic carbocycles. The number of aryl methyl sites for hydroxylation is 2. The van der Waals surface area contributed by atoms with Crippen LogP contribution in [0.3, 0.4) is 0 Å². The van der Waals surface area contributed by atoms with E-state index in [1.165, 1.54) is 16.0 Å². The predicted molar refractivity (Wildman–Crippen MR) is 90.0 cm³/mol. The van der Waals surface area contributed by atoms with Gasteiger partial charge in [0.15, 0.2) is 0 Å². The minimum atomic E-state index is -0.154. The Balaban J connectivity index is 2.28. The number of hydrogen-bond donors (Lipinski definition) is 0. The van der Waals surface area contributed by atoms with Crippen LogP contribution in [0.2, 0.25) is 0 Å². The molecule has 2 heteroatoms. The number of benzene rings is 2. The van der Waals surface area contributed by atoms with Crippen LogP contribution in [-0.2, 0) is 5.41 Å². The summed E-state index contributed by atoms with van der Waals surface area (Å²) in [4.78, 5) is 5.98. The molecule has 0 atom stereocenters. The quantitative estimate of drug-likeness (QED) is 0.653. The summed E-state index contributed by atoms with van der Waals surface area (Å²) in [6.45, 7) is 6.50. The van der Waals surface area contributed by atoms with Gasteiger partial charge in [-0.15, -0.1) is 11.3 Å². The lowest BCUT2D eigenvalue weighted by Crippen LogP contribution is -2.25. The molecule has 3 aromatic rings. The van der Waals surface area contributed by atoms with Crippen molar-refractivity contribution in [3.8, 4) is 0 Å². The van der Waals surface area contributed by atoms with Crippen LogP contribution in [0.5, 0.6) is 0 Å². The van der Waals surface area contributed by atoms with Gasteiger partial charge in [0.2, 0.25) is 0 Å². The molecule has 0 N–H and O–H groups in total. The molecule has 0 saturated carbocycles. The van der Waals surface area contributed by atoms with Gasteiger partial charge in [-0.3, -0.25) is 0 Å². The lowest BCUT2D eigenvalue weighted by molar-refractivity contribution is 0.700. The Bertz CT molecular complexity index is 689. The first-order valence-corrected chi connectivity index (χ1v) is 7.99. The van der Waals surface area contributed by atoms with Crippen molar-refractivity contribution in [1.82, 2.24) is 4.98 Å². The van der Waals surface area contributed by atoms with Gasteiger partial charge in [-0.25, -0.2) is 4.98 Å². The van der Waals surface area contributed by atoms with Crippen molar-refractivity contribution in [3.63, 3.8) is 0 Å². The monoisotopic (exact) mass is 293 g/mol.